The van der Waals surface area contributed by atoms with Crippen molar-refractivity contribution in [3.63, 3.8) is 0 Å². The molecule has 2 N–H and O–H groups in total. The Hall–Kier alpha value is -3.74. The molecule has 2 atom stereocenters. The van der Waals surface area contributed by atoms with Gasteiger partial charge in [-0.2, -0.15) is 0 Å². The Morgan fingerprint density at radius 1 is 0.972 bits per heavy atom. The molecule has 3 aromatic carbocycles. The molecular formula is C30H29NO5. The van der Waals surface area contributed by atoms with Crippen LogP contribution >= 0.6 is 0 Å². The maximum atomic E-state index is 11.6. The number of carboxylic acids is 1. The van der Waals surface area contributed by atoms with Crippen molar-refractivity contribution >= 4 is 5.97 Å². The summed E-state index contributed by atoms with van der Waals surface area (Å²) in [5, 5.41) is 24.5. The quantitative estimate of drug-likeness (QED) is 0.293. The van der Waals surface area contributed by atoms with E-state index in [-0.39, 0.29) is 12.7 Å². The molecule has 0 aliphatic heterocycles. The third kappa shape index (κ3) is 4.57. The minimum absolute atomic E-state index is 0.118. The molecule has 0 bridgehead atoms. The van der Waals surface area contributed by atoms with Gasteiger partial charge in [-0.05, 0) is 48.9 Å². The second-order valence-electron chi connectivity index (χ2n) is 9.45. The number of aliphatic hydroxyl groups is 1. The minimum atomic E-state index is -0.881. The fourth-order valence-corrected chi connectivity index (χ4v) is 4.66. The highest BCUT2D eigenvalue weighted by molar-refractivity contribution is 5.85. The van der Waals surface area contributed by atoms with Crippen molar-refractivity contribution in [2.75, 3.05) is 6.61 Å². The first-order valence-corrected chi connectivity index (χ1v) is 12.1. The molecular weight excluding hydrogens is 454 g/mol. The van der Waals surface area contributed by atoms with Gasteiger partial charge in [-0.1, -0.05) is 84.0 Å². The van der Waals surface area contributed by atoms with Crippen LogP contribution in [0.25, 0.3) is 22.5 Å². The van der Waals surface area contributed by atoms with Gasteiger partial charge in [0.2, 0.25) is 0 Å². The lowest BCUT2D eigenvalue weighted by atomic mass is 9.93. The van der Waals surface area contributed by atoms with Gasteiger partial charge in [-0.15, -0.1) is 0 Å². The highest BCUT2D eigenvalue weighted by Crippen LogP contribution is 2.48. The molecule has 4 aromatic rings. The van der Waals surface area contributed by atoms with Crippen molar-refractivity contribution in [3.05, 3.63) is 101 Å². The molecule has 1 aliphatic rings. The van der Waals surface area contributed by atoms with Crippen LogP contribution < -0.4 is 0 Å². The van der Waals surface area contributed by atoms with E-state index in [2.05, 4.69) is 5.16 Å². The van der Waals surface area contributed by atoms with Gasteiger partial charge in [-0.3, -0.25) is 4.79 Å². The lowest BCUT2D eigenvalue weighted by molar-refractivity contribution is -0.140. The number of carboxylic acid groups (broad SMARTS) is 1. The summed E-state index contributed by atoms with van der Waals surface area (Å²) < 4.78 is 11.5. The normalized spacial score (nSPS) is 15.9. The monoisotopic (exact) mass is 483 g/mol. The van der Waals surface area contributed by atoms with Crippen molar-refractivity contribution in [3.8, 4) is 22.5 Å². The zero-order valence-electron chi connectivity index (χ0n) is 20.3. The van der Waals surface area contributed by atoms with Gasteiger partial charge in [0.15, 0.2) is 5.76 Å². The molecule has 0 saturated heterocycles. The van der Waals surface area contributed by atoms with E-state index in [9.17, 15) is 15.0 Å². The van der Waals surface area contributed by atoms with Crippen LogP contribution in [0, 0.1) is 6.92 Å². The average Bonchev–Trinajstić information content (AvgIpc) is 3.64. The average molecular weight is 484 g/mol. The van der Waals surface area contributed by atoms with Gasteiger partial charge in [0, 0.05) is 5.56 Å². The zero-order valence-corrected chi connectivity index (χ0v) is 20.3. The molecule has 6 heteroatoms. The first-order chi connectivity index (χ1) is 17.4. The predicted octanol–water partition coefficient (Wildman–Crippen LogP) is 6.24. The van der Waals surface area contributed by atoms with Crippen LogP contribution in [0.3, 0.4) is 0 Å². The van der Waals surface area contributed by atoms with E-state index in [1.807, 2.05) is 92.7 Å². The summed E-state index contributed by atoms with van der Waals surface area (Å²) in [7, 11) is 0. The molecule has 0 radical (unpaired) electrons. The van der Waals surface area contributed by atoms with E-state index in [1.54, 1.807) is 0 Å². The van der Waals surface area contributed by atoms with Gasteiger partial charge < -0.3 is 19.5 Å². The minimum Gasteiger partial charge on any atom is -0.481 e. The number of ether oxygens (including phenoxy) is 1. The van der Waals surface area contributed by atoms with Gasteiger partial charge in [-0.25, -0.2) is 0 Å². The number of hydrogen-bond donors (Lipinski definition) is 2. The van der Waals surface area contributed by atoms with Crippen LogP contribution in [-0.2, 0) is 14.9 Å². The first-order valence-electron chi connectivity index (χ1n) is 12.1. The van der Waals surface area contributed by atoms with E-state index >= 15 is 0 Å². The maximum absolute atomic E-state index is 11.6. The van der Waals surface area contributed by atoms with Crippen LogP contribution in [0.1, 0.15) is 54.4 Å². The van der Waals surface area contributed by atoms with E-state index in [0.29, 0.717) is 29.9 Å². The van der Waals surface area contributed by atoms with Crippen molar-refractivity contribution in [2.45, 2.75) is 44.3 Å². The Morgan fingerprint density at radius 2 is 1.56 bits per heavy atom. The Balaban J connectivity index is 1.30. The second kappa shape index (κ2) is 9.72. The molecule has 1 fully saturated rings. The Morgan fingerprint density at radius 3 is 2.14 bits per heavy atom. The lowest BCUT2D eigenvalue weighted by Crippen LogP contribution is -2.19. The summed E-state index contributed by atoms with van der Waals surface area (Å²) in [6.45, 7) is 3.89. The predicted molar refractivity (Wildman–Crippen MR) is 136 cm³/mol. The Kier molecular flexibility index (Phi) is 6.48. The largest absolute Gasteiger partial charge is 0.481 e. The summed E-state index contributed by atoms with van der Waals surface area (Å²) >= 11 is 0. The zero-order chi connectivity index (χ0) is 25.3. The highest BCUT2D eigenvalue weighted by Gasteiger charge is 2.51. The van der Waals surface area contributed by atoms with Crippen molar-refractivity contribution < 1.29 is 24.3 Å². The number of rotatable bonds is 9. The number of aromatic nitrogens is 1. The van der Waals surface area contributed by atoms with E-state index in [0.717, 1.165) is 27.8 Å². The second-order valence-corrected chi connectivity index (χ2v) is 9.45. The number of aliphatic hydroxyl groups excluding tert-OH is 1. The van der Waals surface area contributed by atoms with Crippen LogP contribution in [0.2, 0.25) is 0 Å². The van der Waals surface area contributed by atoms with Crippen molar-refractivity contribution in [1.29, 1.82) is 0 Å². The summed E-state index contributed by atoms with van der Waals surface area (Å²) in [5.41, 5.74) is 5.26. The first kappa shape index (κ1) is 24.0. The standard InChI is InChI=1S/C30H29NO5/c1-19-27(26(32)18-35-20(2)21-6-4-3-5-7-21)28(36-31-19)24-10-8-22(9-11-24)23-12-14-25(15-13-23)30(16-17-30)29(33)34/h3-15,20,26,32H,16-18H2,1-2H3,(H,33,34)/t20-,26-/m1/s1. The molecule has 0 unspecified atom stereocenters. The molecule has 1 aliphatic carbocycles. The molecule has 1 heterocycles. The number of hydrogen-bond acceptors (Lipinski definition) is 5. The number of aliphatic carboxylic acids is 1. The fourth-order valence-electron chi connectivity index (χ4n) is 4.66. The smallest absolute Gasteiger partial charge is 0.314 e. The van der Waals surface area contributed by atoms with E-state index in [4.69, 9.17) is 9.26 Å². The molecule has 0 amide bonds. The molecule has 1 aromatic heterocycles. The van der Waals surface area contributed by atoms with Gasteiger partial charge >= 0.3 is 5.97 Å². The SMILES string of the molecule is Cc1noc(-c2ccc(-c3ccc(C4(C(=O)O)CC4)cc3)cc2)c1[C@H](O)CO[C@H](C)c1ccccc1. The van der Waals surface area contributed by atoms with Crippen LogP contribution in [0.4, 0.5) is 0 Å². The van der Waals surface area contributed by atoms with Crippen LogP contribution in [-0.4, -0.2) is 27.9 Å². The van der Waals surface area contributed by atoms with Gasteiger partial charge in [0.25, 0.3) is 0 Å². The lowest BCUT2D eigenvalue weighted by Gasteiger charge is -2.17. The topological polar surface area (TPSA) is 92.8 Å². The molecule has 184 valence electrons. The summed E-state index contributed by atoms with van der Waals surface area (Å²) in [5.74, 6) is -0.227. The number of carbonyl (C=O) groups is 1. The Labute approximate surface area is 210 Å². The maximum Gasteiger partial charge on any atom is 0.314 e. The molecule has 5 rings (SSSR count). The van der Waals surface area contributed by atoms with Crippen molar-refractivity contribution in [1.82, 2.24) is 5.16 Å². The van der Waals surface area contributed by atoms with E-state index in [1.165, 1.54) is 0 Å². The van der Waals surface area contributed by atoms with Gasteiger partial charge in [0.1, 0.15) is 6.10 Å². The number of benzene rings is 3. The molecule has 1 saturated carbocycles. The third-order valence-electron chi connectivity index (χ3n) is 7.09. The Bertz CT molecular complexity index is 1340. The van der Waals surface area contributed by atoms with Gasteiger partial charge in [0.05, 0.1) is 29.4 Å². The fraction of sp³-hybridized carbons (Fsp3) is 0.267. The third-order valence-corrected chi connectivity index (χ3v) is 7.09. The van der Waals surface area contributed by atoms with Crippen LogP contribution in [0.5, 0.6) is 0 Å². The van der Waals surface area contributed by atoms with E-state index < -0.39 is 17.5 Å². The summed E-state index contributed by atoms with van der Waals surface area (Å²) in [6.07, 6.45) is 0.350. The number of aryl methyl sites for hydroxylation is 1. The summed E-state index contributed by atoms with van der Waals surface area (Å²) in [6, 6.07) is 25.5. The summed E-state index contributed by atoms with van der Waals surface area (Å²) in [4.78, 5) is 11.6. The highest BCUT2D eigenvalue weighted by atomic mass is 16.5. The molecule has 6 nitrogen and oxygen atoms in total. The number of nitrogens with zero attached hydrogens (tertiary/aromatic N) is 1. The van der Waals surface area contributed by atoms with Crippen molar-refractivity contribution in [2.24, 2.45) is 0 Å². The molecule has 36 heavy (non-hydrogen) atoms. The van der Waals surface area contributed by atoms with Crippen LogP contribution in [0.15, 0.2) is 83.4 Å². The molecule has 0 spiro atoms.